The molecule has 0 saturated carbocycles. The summed E-state index contributed by atoms with van der Waals surface area (Å²) in [4.78, 5) is 8.04. The number of pyridine rings is 1. The number of hydrogen-bond donors (Lipinski definition) is 0. The van der Waals surface area contributed by atoms with Gasteiger partial charge >= 0.3 is 0 Å². The van der Waals surface area contributed by atoms with E-state index in [0.717, 1.165) is 0 Å². The molecule has 0 saturated heterocycles. The Kier molecular flexibility index (Phi) is 3.61. The van der Waals surface area contributed by atoms with Crippen molar-refractivity contribution in [3.63, 3.8) is 0 Å². The van der Waals surface area contributed by atoms with Crippen LogP contribution in [0.25, 0.3) is 11.2 Å². The summed E-state index contributed by atoms with van der Waals surface area (Å²) in [5, 5.41) is 0.359. The molecule has 0 amide bonds. The molecule has 2 heterocycles. The first-order valence-corrected chi connectivity index (χ1v) is 8.69. The fourth-order valence-corrected chi connectivity index (χ4v) is 3.55. The number of hydrogen-bond acceptors (Lipinski definition) is 2. The minimum atomic E-state index is -2.62. The van der Waals surface area contributed by atoms with Crippen LogP contribution in [0.15, 0.2) is 6.07 Å². The molecule has 0 aliphatic heterocycles. The van der Waals surface area contributed by atoms with Crippen LogP contribution in [0.1, 0.15) is 17.9 Å². The summed E-state index contributed by atoms with van der Waals surface area (Å²) in [6.45, 7) is 1.76. The van der Waals surface area contributed by atoms with Gasteiger partial charge in [-0.25, -0.2) is 18.7 Å². The van der Waals surface area contributed by atoms with Crippen molar-refractivity contribution < 1.29 is 8.78 Å². The summed E-state index contributed by atoms with van der Waals surface area (Å²) in [7, 11) is 0. The smallest absolute Gasteiger partial charge is 0.279 e. The zero-order chi connectivity index (χ0) is 11.9. The van der Waals surface area contributed by atoms with Crippen LogP contribution in [0.2, 0.25) is 5.02 Å². The molecule has 2 rings (SSSR count). The van der Waals surface area contributed by atoms with E-state index in [2.05, 4.69) is 9.97 Å². The molecule has 1 unspecified atom stereocenters. The lowest BCUT2D eigenvalue weighted by atomic mass is 10.3. The van der Waals surface area contributed by atoms with Crippen molar-refractivity contribution in [3.05, 3.63) is 22.6 Å². The Balaban J connectivity index is 2.82. The van der Waals surface area contributed by atoms with Gasteiger partial charge in [0, 0.05) is 5.69 Å². The highest BCUT2D eigenvalue weighted by molar-refractivity contribution is 14.2. The van der Waals surface area contributed by atoms with Gasteiger partial charge in [0.1, 0.15) is 5.52 Å². The molecule has 0 fully saturated rings. The maximum absolute atomic E-state index is 12.7. The van der Waals surface area contributed by atoms with E-state index >= 15 is 0 Å². The fraction of sp³-hybridized carbons (Fsp3) is 0.250. The third-order valence-electron chi connectivity index (χ3n) is 2.00. The van der Waals surface area contributed by atoms with Crippen LogP contribution in [0.5, 0.6) is 0 Å². The molecule has 0 aromatic carbocycles. The van der Waals surface area contributed by atoms with Crippen molar-refractivity contribution in [2.45, 2.75) is 13.3 Å². The maximum Gasteiger partial charge on any atom is 0.295 e. The van der Waals surface area contributed by atoms with E-state index in [1.165, 1.54) is 4.34 Å². The van der Waals surface area contributed by atoms with Crippen molar-refractivity contribution in [2.24, 2.45) is 0 Å². The first kappa shape index (κ1) is 12.4. The van der Waals surface area contributed by atoms with Crippen molar-refractivity contribution >= 4 is 51.2 Å². The molecule has 2 aromatic heterocycles. The Morgan fingerprint density at radius 1 is 1.50 bits per heavy atom. The lowest BCUT2D eigenvalue weighted by Crippen LogP contribution is -1.94. The number of imidazole rings is 1. The third kappa shape index (κ3) is 2.02. The highest BCUT2D eigenvalue weighted by Crippen LogP contribution is 2.36. The van der Waals surface area contributed by atoms with Crippen molar-refractivity contribution in [2.75, 3.05) is 0 Å². The minimum Gasteiger partial charge on any atom is -0.279 e. The first-order chi connectivity index (χ1) is 7.54. The summed E-state index contributed by atoms with van der Waals surface area (Å²) in [5.41, 5.74) is 1.45. The first-order valence-electron chi connectivity index (χ1n) is 4.25. The fourth-order valence-electron chi connectivity index (χ4n) is 1.37. The van der Waals surface area contributed by atoms with Gasteiger partial charge in [-0.2, -0.15) is 0 Å². The van der Waals surface area contributed by atoms with Gasteiger partial charge < -0.3 is 0 Å². The molecule has 1 atom stereocenters. The molecule has 0 aliphatic carbocycles. The van der Waals surface area contributed by atoms with Crippen LogP contribution in [0.3, 0.4) is 0 Å². The van der Waals surface area contributed by atoms with E-state index < -0.39 is 6.43 Å². The standard InChI is InChI=1S/C8H6ClF2IN3P/c1-3-2-4(9)5-7(13-3)15(16-12)8(14-5)6(10)11/h2,6,16H,1H3. The quantitative estimate of drug-likeness (QED) is 0.584. The van der Waals surface area contributed by atoms with Gasteiger partial charge in [-0.05, 0) is 35.0 Å². The summed E-state index contributed by atoms with van der Waals surface area (Å²) in [5.74, 6) is -0.275. The second-order valence-electron chi connectivity index (χ2n) is 3.11. The number of alkyl halides is 2. The Hall–Kier alpha value is -0.0700. The largest absolute Gasteiger partial charge is 0.295 e. The lowest BCUT2D eigenvalue weighted by Gasteiger charge is -2.02. The second kappa shape index (κ2) is 4.66. The number of rotatable bonds is 2. The molecular formula is C8H6ClF2IN3P. The molecule has 0 aliphatic rings. The summed E-state index contributed by atoms with van der Waals surface area (Å²) < 4.78 is 26.9. The summed E-state index contributed by atoms with van der Waals surface area (Å²) >= 11 is 7.96. The molecule has 0 N–H and O–H groups in total. The topological polar surface area (TPSA) is 30.7 Å². The normalized spacial score (nSPS) is 12.4. The van der Waals surface area contributed by atoms with E-state index in [0.29, 0.717) is 21.9 Å². The van der Waals surface area contributed by atoms with E-state index in [1.807, 2.05) is 22.0 Å². The van der Waals surface area contributed by atoms with Gasteiger partial charge in [0.15, 0.2) is 11.5 Å². The van der Waals surface area contributed by atoms with Gasteiger partial charge in [0.2, 0.25) is 0 Å². The van der Waals surface area contributed by atoms with Crippen LogP contribution in [-0.4, -0.2) is 14.3 Å². The number of halogens is 4. The predicted octanol–water partition coefficient (Wildman–Crippen LogP) is 4.12. The lowest BCUT2D eigenvalue weighted by molar-refractivity contribution is 0.140. The highest BCUT2D eigenvalue weighted by atomic mass is 127. The molecule has 16 heavy (non-hydrogen) atoms. The Bertz CT molecular complexity index is 546. The monoisotopic (exact) mass is 375 g/mol. The Labute approximate surface area is 110 Å². The van der Waals surface area contributed by atoms with Crippen molar-refractivity contribution in [1.82, 2.24) is 14.3 Å². The van der Waals surface area contributed by atoms with Crippen molar-refractivity contribution in [1.29, 1.82) is 0 Å². The zero-order valence-electron chi connectivity index (χ0n) is 8.01. The van der Waals surface area contributed by atoms with Crippen LogP contribution in [0, 0.1) is 6.92 Å². The van der Waals surface area contributed by atoms with E-state index in [9.17, 15) is 8.78 Å². The maximum atomic E-state index is 12.7. The molecular weight excluding hydrogens is 369 g/mol. The van der Waals surface area contributed by atoms with Gasteiger partial charge in [-0.1, -0.05) is 11.6 Å². The Morgan fingerprint density at radius 3 is 2.75 bits per heavy atom. The van der Waals surface area contributed by atoms with Crippen LogP contribution >= 0.6 is 40.0 Å². The van der Waals surface area contributed by atoms with Crippen LogP contribution in [0.4, 0.5) is 8.78 Å². The van der Waals surface area contributed by atoms with Crippen molar-refractivity contribution in [3.8, 4) is 0 Å². The van der Waals surface area contributed by atoms with Gasteiger partial charge in [0.25, 0.3) is 6.43 Å². The van der Waals surface area contributed by atoms with E-state index in [4.69, 9.17) is 11.6 Å². The molecule has 2 aromatic rings. The van der Waals surface area contributed by atoms with E-state index in [-0.39, 0.29) is 12.2 Å². The SMILES string of the molecule is Cc1cc(Cl)c2nc(C(F)F)n(PI)c2n1. The zero-order valence-corrected chi connectivity index (χ0v) is 11.9. The molecule has 86 valence electrons. The van der Waals surface area contributed by atoms with E-state index in [1.54, 1.807) is 13.0 Å². The molecule has 8 heteroatoms. The van der Waals surface area contributed by atoms with Gasteiger partial charge in [0.05, 0.1) is 11.4 Å². The number of aromatic nitrogens is 3. The second-order valence-corrected chi connectivity index (χ2v) is 5.58. The number of fused-ring (bicyclic) bond motifs is 1. The van der Waals surface area contributed by atoms with Gasteiger partial charge in [-0.15, -0.1) is 0 Å². The predicted molar refractivity (Wildman–Crippen MR) is 70.0 cm³/mol. The molecule has 3 nitrogen and oxygen atoms in total. The minimum absolute atomic E-state index is 0.116. The summed E-state index contributed by atoms with van der Waals surface area (Å²) in [6.07, 6.45) is -2.50. The van der Waals surface area contributed by atoms with Crippen LogP contribution < -0.4 is 0 Å². The number of aryl methyl sites for hydroxylation is 1. The van der Waals surface area contributed by atoms with Gasteiger partial charge in [-0.3, -0.25) is 4.34 Å². The average molecular weight is 375 g/mol. The molecule has 0 radical (unpaired) electrons. The molecule has 0 spiro atoms. The Morgan fingerprint density at radius 2 is 2.19 bits per heavy atom. The number of nitrogens with zero attached hydrogens (tertiary/aromatic N) is 3. The third-order valence-corrected chi connectivity index (χ3v) is 4.35. The highest BCUT2D eigenvalue weighted by Gasteiger charge is 2.20. The molecule has 0 bridgehead atoms. The summed E-state index contributed by atoms with van der Waals surface area (Å²) in [6, 6.07) is 1.62. The van der Waals surface area contributed by atoms with Crippen LogP contribution in [-0.2, 0) is 0 Å². The average Bonchev–Trinajstić information content (AvgIpc) is 2.56.